The molecule has 21 heavy (non-hydrogen) atoms. The highest BCUT2D eigenvalue weighted by Gasteiger charge is 2.21. The van der Waals surface area contributed by atoms with Crippen LogP contribution in [0.5, 0.6) is 0 Å². The Hall–Kier alpha value is -1.88. The summed E-state index contributed by atoms with van der Waals surface area (Å²) in [6.45, 7) is 5.04. The summed E-state index contributed by atoms with van der Waals surface area (Å²) in [4.78, 5) is 6.81. The minimum Gasteiger partial charge on any atom is -0.399 e. The van der Waals surface area contributed by atoms with Crippen LogP contribution >= 0.6 is 0 Å². The highest BCUT2D eigenvalue weighted by atomic mass is 16.5. The third-order valence-electron chi connectivity index (χ3n) is 4.00. The first-order chi connectivity index (χ1) is 10.2. The van der Waals surface area contributed by atoms with Gasteiger partial charge in [-0.2, -0.15) is 4.98 Å². The number of nitrogens with zero attached hydrogens (tertiary/aromatic N) is 3. The van der Waals surface area contributed by atoms with E-state index in [2.05, 4.69) is 27.2 Å². The molecule has 0 bridgehead atoms. The van der Waals surface area contributed by atoms with E-state index in [9.17, 15) is 0 Å². The molecule has 2 heterocycles. The van der Waals surface area contributed by atoms with Gasteiger partial charge in [-0.15, -0.1) is 0 Å². The van der Waals surface area contributed by atoms with Gasteiger partial charge in [0.1, 0.15) is 0 Å². The van der Waals surface area contributed by atoms with Crippen LogP contribution in [0.1, 0.15) is 30.1 Å². The molecule has 112 valence electrons. The van der Waals surface area contributed by atoms with Crippen LogP contribution in [0.2, 0.25) is 0 Å². The van der Waals surface area contributed by atoms with E-state index in [4.69, 9.17) is 10.3 Å². The van der Waals surface area contributed by atoms with Gasteiger partial charge in [-0.1, -0.05) is 17.3 Å². The van der Waals surface area contributed by atoms with Crippen LogP contribution in [-0.4, -0.2) is 28.1 Å². The number of aryl methyl sites for hydroxylation is 1. The number of nitrogen functional groups attached to an aromatic ring is 1. The Bertz CT molecular complexity index is 595. The van der Waals surface area contributed by atoms with E-state index in [1.807, 2.05) is 19.1 Å². The number of anilines is 1. The Balaban J connectivity index is 1.58. The van der Waals surface area contributed by atoms with Gasteiger partial charge in [-0.05, 0) is 43.0 Å². The van der Waals surface area contributed by atoms with Gasteiger partial charge in [-0.3, -0.25) is 4.90 Å². The zero-order valence-electron chi connectivity index (χ0n) is 12.5. The molecule has 3 rings (SSSR count). The Morgan fingerprint density at radius 3 is 3.10 bits per heavy atom. The van der Waals surface area contributed by atoms with Crippen LogP contribution in [0.25, 0.3) is 0 Å². The third kappa shape index (κ3) is 3.82. The summed E-state index contributed by atoms with van der Waals surface area (Å²) >= 11 is 0. The van der Waals surface area contributed by atoms with Gasteiger partial charge >= 0.3 is 0 Å². The maximum atomic E-state index is 5.85. The second-order valence-corrected chi connectivity index (χ2v) is 5.92. The molecule has 0 saturated carbocycles. The summed E-state index contributed by atoms with van der Waals surface area (Å²) in [6, 6.07) is 8.16. The molecule has 1 aromatic carbocycles. The van der Waals surface area contributed by atoms with E-state index < -0.39 is 0 Å². The first-order valence-electron chi connectivity index (χ1n) is 7.55. The molecule has 5 heteroatoms. The number of hydrogen-bond acceptors (Lipinski definition) is 5. The molecule has 1 atom stereocenters. The van der Waals surface area contributed by atoms with Gasteiger partial charge in [0.2, 0.25) is 5.89 Å². The van der Waals surface area contributed by atoms with Gasteiger partial charge in [0.25, 0.3) is 0 Å². The van der Waals surface area contributed by atoms with Crippen LogP contribution in [-0.2, 0) is 13.0 Å². The zero-order valence-corrected chi connectivity index (χ0v) is 12.5. The van der Waals surface area contributed by atoms with Crippen LogP contribution in [0.15, 0.2) is 28.8 Å². The molecule has 1 saturated heterocycles. The fourth-order valence-electron chi connectivity index (χ4n) is 3.09. The molecule has 1 unspecified atom stereocenters. The van der Waals surface area contributed by atoms with E-state index in [0.29, 0.717) is 11.8 Å². The van der Waals surface area contributed by atoms with Gasteiger partial charge < -0.3 is 10.3 Å². The van der Waals surface area contributed by atoms with Crippen molar-refractivity contribution in [3.05, 3.63) is 41.5 Å². The third-order valence-corrected chi connectivity index (χ3v) is 4.00. The molecular weight excluding hydrogens is 264 g/mol. The summed E-state index contributed by atoms with van der Waals surface area (Å²) in [5, 5.41) is 4.01. The molecule has 0 aliphatic carbocycles. The van der Waals surface area contributed by atoms with Crippen molar-refractivity contribution in [3.63, 3.8) is 0 Å². The monoisotopic (exact) mass is 286 g/mol. The minimum atomic E-state index is 0.608. The van der Waals surface area contributed by atoms with E-state index >= 15 is 0 Å². The van der Waals surface area contributed by atoms with Crippen molar-refractivity contribution in [2.24, 2.45) is 5.92 Å². The second-order valence-electron chi connectivity index (χ2n) is 5.92. The molecule has 1 aromatic heterocycles. The second kappa shape index (κ2) is 6.26. The van der Waals surface area contributed by atoms with Crippen LogP contribution in [0.3, 0.4) is 0 Å². The quantitative estimate of drug-likeness (QED) is 0.874. The summed E-state index contributed by atoms with van der Waals surface area (Å²) in [5.74, 6) is 2.09. The molecule has 5 nitrogen and oxygen atoms in total. The molecular formula is C16H22N4O. The van der Waals surface area contributed by atoms with E-state index in [1.165, 1.54) is 18.4 Å². The molecule has 1 aliphatic heterocycles. The average Bonchev–Trinajstić information content (AvgIpc) is 2.84. The summed E-state index contributed by atoms with van der Waals surface area (Å²) in [5.41, 5.74) is 7.97. The number of benzene rings is 1. The van der Waals surface area contributed by atoms with E-state index in [0.717, 1.165) is 37.6 Å². The molecule has 1 aliphatic rings. The van der Waals surface area contributed by atoms with Gasteiger partial charge in [0.15, 0.2) is 5.82 Å². The number of nitrogens with two attached hydrogens (primary N) is 1. The van der Waals surface area contributed by atoms with Crippen molar-refractivity contribution < 1.29 is 4.52 Å². The molecule has 2 aromatic rings. The van der Waals surface area contributed by atoms with Crippen molar-refractivity contribution in [2.75, 3.05) is 18.8 Å². The van der Waals surface area contributed by atoms with Crippen LogP contribution in [0.4, 0.5) is 5.69 Å². The number of aromatic nitrogens is 2. The molecule has 0 spiro atoms. The number of hydrogen-bond donors (Lipinski definition) is 1. The van der Waals surface area contributed by atoms with Crippen molar-refractivity contribution in [2.45, 2.75) is 32.7 Å². The van der Waals surface area contributed by atoms with E-state index in [-0.39, 0.29) is 0 Å². The number of piperidine rings is 1. The summed E-state index contributed by atoms with van der Waals surface area (Å²) < 4.78 is 5.05. The van der Waals surface area contributed by atoms with Crippen LogP contribution < -0.4 is 5.73 Å². The van der Waals surface area contributed by atoms with E-state index in [1.54, 1.807) is 0 Å². The Morgan fingerprint density at radius 2 is 2.33 bits per heavy atom. The average molecular weight is 286 g/mol. The number of likely N-dealkylation sites (tertiary alicyclic amines) is 1. The first kappa shape index (κ1) is 14.1. The van der Waals surface area contributed by atoms with Gasteiger partial charge in [0.05, 0.1) is 0 Å². The maximum absolute atomic E-state index is 5.85. The van der Waals surface area contributed by atoms with Crippen molar-refractivity contribution in [1.29, 1.82) is 0 Å². The normalized spacial score (nSPS) is 19.8. The lowest BCUT2D eigenvalue weighted by Crippen LogP contribution is -2.35. The predicted octanol–water partition coefficient (Wildman–Crippen LogP) is 2.41. The highest BCUT2D eigenvalue weighted by molar-refractivity contribution is 5.40. The van der Waals surface area contributed by atoms with Crippen LogP contribution in [0, 0.1) is 12.8 Å². The lowest BCUT2D eigenvalue weighted by Gasteiger charge is -2.32. The minimum absolute atomic E-state index is 0.608. The van der Waals surface area contributed by atoms with Crippen molar-refractivity contribution in [1.82, 2.24) is 15.0 Å². The fraction of sp³-hybridized carbons (Fsp3) is 0.500. The predicted molar refractivity (Wildman–Crippen MR) is 81.6 cm³/mol. The topological polar surface area (TPSA) is 68.2 Å². The molecule has 1 fully saturated rings. The Morgan fingerprint density at radius 1 is 1.43 bits per heavy atom. The highest BCUT2D eigenvalue weighted by Crippen LogP contribution is 2.21. The Labute approximate surface area is 125 Å². The van der Waals surface area contributed by atoms with Gasteiger partial charge in [-0.25, -0.2) is 0 Å². The lowest BCUT2D eigenvalue weighted by molar-refractivity contribution is 0.165. The first-order valence-corrected chi connectivity index (χ1v) is 7.55. The smallest absolute Gasteiger partial charge is 0.223 e. The molecule has 2 N–H and O–H groups in total. The Kier molecular flexibility index (Phi) is 4.20. The lowest BCUT2D eigenvalue weighted by atomic mass is 9.94. The molecule has 0 radical (unpaired) electrons. The van der Waals surface area contributed by atoms with Crippen molar-refractivity contribution in [3.8, 4) is 0 Å². The largest absolute Gasteiger partial charge is 0.399 e. The summed E-state index contributed by atoms with van der Waals surface area (Å²) in [6.07, 6.45) is 3.37. The zero-order chi connectivity index (χ0) is 14.7. The standard InChI is InChI=1S/C16H22N4O/c1-12-18-16(19-21-12)9-14-5-3-7-20(11-14)10-13-4-2-6-15(17)8-13/h2,4,6,8,14H,3,5,7,9-11,17H2,1H3. The SMILES string of the molecule is Cc1nc(CC2CCCN(Cc3cccc(N)c3)C2)no1. The number of rotatable bonds is 4. The van der Waals surface area contributed by atoms with Crippen molar-refractivity contribution >= 4 is 5.69 Å². The molecule has 0 amide bonds. The maximum Gasteiger partial charge on any atom is 0.223 e. The summed E-state index contributed by atoms with van der Waals surface area (Å²) in [7, 11) is 0. The fourth-order valence-corrected chi connectivity index (χ4v) is 3.09. The van der Waals surface area contributed by atoms with Gasteiger partial charge in [0, 0.05) is 32.1 Å².